The standard InChI is InChI=1S/C5H13NO3S.Li/c1-3-5-6(4-2)10(7,8)9;/h3-5H2,1-2H3,(H,7,8,9);/q;+1/p-1. The first-order valence-electron chi connectivity index (χ1n) is 3.23. The molecule has 0 aromatic carbocycles. The van der Waals surface area contributed by atoms with Gasteiger partial charge in [0.1, 0.15) is 0 Å². The maximum absolute atomic E-state index is 10.3. The SMILES string of the molecule is CCCN(CC)S(=O)(=O)[O-].[Li+]. The van der Waals surface area contributed by atoms with Crippen LogP contribution in [0.15, 0.2) is 0 Å². The zero-order chi connectivity index (χ0) is 8.20. The Morgan fingerprint density at radius 3 is 1.91 bits per heavy atom. The molecule has 0 atom stereocenters. The average Bonchev–Trinajstić information content (AvgIpc) is 1.80. The first-order chi connectivity index (χ1) is 4.52. The molecule has 0 saturated carbocycles. The van der Waals surface area contributed by atoms with Crippen molar-refractivity contribution in [2.75, 3.05) is 13.1 Å². The third-order valence-electron chi connectivity index (χ3n) is 1.14. The van der Waals surface area contributed by atoms with Crippen LogP contribution in [0.2, 0.25) is 0 Å². The second kappa shape index (κ2) is 6.04. The minimum Gasteiger partial charge on any atom is -0.735 e. The fraction of sp³-hybridized carbons (Fsp3) is 1.00. The molecule has 6 heteroatoms. The van der Waals surface area contributed by atoms with Gasteiger partial charge in [-0.1, -0.05) is 13.8 Å². The van der Waals surface area contributed by atoms with Crippen molar-refractivity contribution >= 4 is 10.3 Å². The molecule has 0 heterocycles. The predicted octanol–water partition coefficient (Wildman–Crippen LogP) is -2.82. The van der Waals surface area contributed by atoms with E-state index < -0.39 is 10.3 Å². The molecule has 0 spiro atoms. The van der Waals surface area contributed by atoms with Gasteiger partial charge in [0.25, 0.3) is 0 Å². The first kappa shape index (κ1) is 14.0. The summed E-state index contributed by atoms with van der Waals surface area (Å²) in [6.45, 7) is 4.06. The summed E-state index contributed by atoms with van der Waals surface area (Å²) >= 11 is 0. The Kier molecular flexibility index (Phi) is 7.69. The molecule has 0 aromatic rings. The zero-order valence-electron chi connectivity index (χ0n) is 7.20. The van der Waals surface area contributed by atoms with E-state index in [9.17, 15) is 13.0 Å². The van der Waals surface area contributed by atoms with E-state index in [0.717, 1.165) is 4.31 Å². The fourth-order valence-corrected chi connectivity index (χ4v) is 1.40. The van der Waals surface area contributed by atoms with Crippen LogP contribution < -0.4 is 18.9 Å². The first-order valence-corrected chi connectivity index (χ1v) is 4.59. The van der Waals surface area contributed by atoms with Crippen LogP contribution in [-0.4, -0.2) is 30.4 Å². The molecular weight excluding hydrogens is 161 g/mol. The minimum absolute atomic E-state index is 0. The third-order valence-corrected chi connectivity index (χ3v) is 2.22. The molecule has 0 radical (unpaired) electrons. The fourth-order valence-electron chi connectivity index (χ4n) is 0.677. The van der Waals surface area contributed by atoms with E-state index in [1.165, 1.54) is 0 Å². The second-order valence-electron chi connectivity index (χ2n) is 1.95. The second-order valence-corrected chi connectivity index (χ2v) is 3.32. The van der Waals surface area contributed by atoms with E-state index in [1.54, 1.807) is 6.92 Å². The summed E-state index contributed by atoms with van der Waals surface area (Å²) in [4.78, 5) is 0. The molecule has 0 aliphatic heterocycles. The average molecular weight is 173 g/mol. The van der Waals surface area contributed by atoms with Gasteiger partial charge < -0.3 is 4.55 Å². The zero-order valence-corrected chi connectivity index (χ0v) is 8.02. The van der Waals surface area contributed by atoms with Crippen LogP contribution >= 0.6 is 0 Å². The van der Waals surface area contributed by atoms with Crippen molar-refractivity contribution < 1.29 is 31.8 Å². The molecule has 0 amide bonds. The molecule has 0 unspecified atom stereocenters. The number of nitrogens with zero attached hydrogens (tertiary/aromatic N) is 1. The molecule has 62 valence electrons. The molecule has 0 fully saturated rings. The van der Waals surface area contributed by atoms with Crippen LogP contribution in [0.1, 0.15) is 20.3 Å². The van der Waals surface area contributed by atoms with Gasteiger partial charge in [0.05, 0.1) is 0 Å². The van der Waals surface area contributed by atoms with Crippen LogP contribution in [0, 0.1) is 0 Å². The molecule has 0 aliphatic carbocycles. The summed E-state index contributed by atoms with van der Waals surface area (Å²) in [5.74, 6) is 0. The van der Waals surface area contributed by atoms with Crippen molar-refractivity contribution in [2.45, 2.75) is 20.3 Å². The van der Waals surface area contributed by atoms with Crippen LogP contribution in [0.4, 0.5) is 0 Å². The Hall–Kier alpha value is 0.467. The summed E-state index contributed by atoms with van der Waals surface area (Å²) in [5.41, 5.74) is 0. The number of hydrogen-bond acceptors (Lipinski definition) is 3. The van der Waals surface area contributed by atoms with Gasteiger partial charge in [-0.05, 0) is 6.42 Å². The Morgan fingerprint density at radius 2 is 1.82 bits per heavy atom. The van der Waals surface area contributed by atoms with Crippen molar-refractivity contribution in [3.8, 4) is 0 Å². The quantitative estimate of drug-likeness (QED) is 0.340. The maximum atomic E-state index is 10.3. The molecule has 0 bridgehead atoms. The minimum atomic E-state index is -4.19. The van der Waals surface area contributed by atoms with Gasteiger partial charge in [-0.15, -0.1) is 0 Å². The molecule has 0 saturated heterocycles. The maximum Gasteiger partial charge on any atom is 1.00 e. The van der Waals surface area contributed by atoms with E-state index in [1.807, 2.05) is 6.92 Å². The molecule has 0 rings (SSSR count). The summed E-state index contributed by atoms with van der Waals surface area (Å²) in [6, 6.07) is 0. The summed E-state index contributed by atoms with van der Waals surface area (Å²) < 4.78 is 31.9. The van der Waals surface area contributed by atoms with Crippen molar-refractivity contribution in [3.05, 3.63) is 0 Å². The smallest absolute Gasteiger partial charge is 0.735 e. The molecule has 0 aliphatic rings. The van der Waals surface area contributed by atoms with Gasteiger partial charge in [-0.2, -0.15) is 0 Å². The normalized spacial score (nSPS) is 11.3. The molecule has 11 heavy (non-hydrogen) atoms. The topological polar surface area (TPSA) is 60.4 Å². The van der Waals surface area contributed by atoms with Gasteiger partial charge in [-0.25, -0.2) is 12.7 Å². The van der Waals surface area contributed by atoms with E-state index in [2.05, 4.69) is 0 Å². The summed E-state index contributed by atoms with van der Waals surface area (Å²) in [7, 11) is -4.19. The Labute approximate surface area is 80.0 Å². The van der Waals surface area contributed by atoms with Crippen molar-refractivity contribution in [1.29, 1.82) is 0 Å². The van der Waals surface area contributed by atoms with Crippen LogP contribution in [0.3, 0.4) is 0 Å². The summed E-state index contributed by atoms with van der Waals surface area (Å²) in [5, 5.41) is 0. The Morgan fingerprint density at radius 1 is 1.36 bits per heavy atom. The van der Waals surface area contributed by atoms with Crippen LogP contribution in [-0.2, 0) is 10.3 Å². The van der Waals surface area contributed by atoms with Crippen LogP contribution in [0.5, 0.6) is 0 Å². The largest absolute Gasteiger partial charge is 1.00 e. The monoisotopic (exact) mass is 173 g/mol. The predicted molar refractivity (Wildman–Crippen MR) is 37.2 cm³/mol. The third kappa shape index (κ3) is 5.71. The van der Waals surface area contributed by atoms with Gasteiger partial charge in [0.15, 0.2) is 10.3 Å². The van der Waals surface area contributed by atoms with Gasteiger partial charge in [0.2, 0.25) is 0 Å². The number of rotatable bonds is 4. The van der Waals surface area contributed by atoms with Gasteiger partial charge >= 0.3 is 18.9 Å². The van der Waals surface area contributed by atoms with E-state index >= 15 is 0 Å². The van der Waals surface area contributed by atoms with E-state index in [4.69, 9.17) is 0 Å². The van der Waals surface area contributed by atoms with Crippen molar-refractivity contribution in [3.63, 3.8) is 0 Å². The van der Waals surface area contributed by atoms with Crippen molar-refractivity contribution in [1.82, 2.24) is 4.31 Å². The molecule has 0 N–H and O–H groups in total. The summed E-state index contributed by atoms with van der Waals surface area (Å²) in [6.07, 6.45) is 0.676. The van der Waals surface area contributed by atoms with E-state index in [0.29, 0.717) is 13.0 Å². The van der Waals surface area contributed by atoms with E-state index in [-0.39, 0.29) is 25.4 Å². The van der Waals surface area contributed by atoms with Crippen LogP contribution in [0.25, 0.3) is 0 Å². The van der Waals surface area contributed by atoms with Crippen molar-refractivity contribution in [2.24, 2.45) is 0 Å². The molecular formula is C5H12LiNO3S. The Bertz CT molecular complexity index is 180. The Balaban J connectivity index is 0. The number of hydrogen-bond donors (Lipinski definition) is 0. The molecule has 0 aromatic heterocycles. The van der Waals surface area contributed by atoms with Gasteiger partial charge in [0, 0.05) is 13.1 Å². The molecule has 4 nitrogen and oxygen atoms in total. The van der Waals surface area contributed by atoms with Gasteiger partial charge in [-0.3, -0.25) is 0 Å².